The van der Waals surface area contributed by atoms with Gasteiger partial charge in [-0.1, -0.05) is 19.3 Å². The van der Waals surface area contributed by atoms with Crippen LogP contribution >= 0.6 is 0 Å². The Hall–Kier alpha value is -1.95. The molecule has 2 aromatic heterocycles. The Morgan fingerprint density at radius 1 is 1.04 bits per heavy atom. The van der Waals surface area contributed by atoms with Crippen molar-refractivity contribution in [3.63, 3.8) is 0 Å². The molecule has 2 aliphatic rings. The van der Waals surface area contributed by atoms with Gasteiger partial charge in [0, 0.05) is 31.7 Å². The van der Waals surface area contributed by atoms with E-state index in [4.69, 9.17) is 9.97 Å². The molecule has 6 heteroatoms. The molecular formula is C21H31N5O. The Morgan fingerprint density at radius 2 is 1.78 bits per heavy atom. The maximum absolute atomic E-state index is 12.9. The van der Waals surface area contributed by atoms with Gasteiger partial charge in [-0.15, -0.1) is 0 Å². The van der Waals surface area contributed by atoms with Gasteiger partial charge in [0.25, 0.3) is 5.91 Å². The lowest BCUT2D eigenvalue weighted by Gasteiger charge is -2.19. The molecule has 0 unspecified atom stereocenters. The molecule has 0 aliphatic carbocycles. The molecule has 1 amide bonds. The lowest BCUT2D eigenvalue weighted by molar-refractivity contribution is 0.0950. The van der Waals surface area contributed by atoms with E-state index in [0.717, 1.165) is 61.7 Å². The van der Waals surface area contributed by atoms with Crippen LogP contribution in [0.5, 0.6) is 0 Å². The average molecular weight is 370 g/mol. The SMILES string of the molecule is Cc1cc(C(=O)NCCN2CCCCCC2)c2nc3n(c2n1)CCCCC3. The van der Waals surface area contributed by atoms with Gasteiger partial charge in [-0.05, 0) is 51.8 Å². The van der Waals surface area contributed by atoms with Crippen molar-refractivity contribution in [1.29, 1.82) is 0 Å². The maximum atomic E-state index is 12.9. The minimum absolute atomic E-state index is 0.0198. The van der Waals surface area contributed by atoms with E-state index in [0.29, 0.717) is 12.1 Å². The van der Waals surface area contributed by atoms with Crippen LogP contribution in [-0.2, 0) is 13.0 Å². The number of amides is 1. The van der Waals surface area contributed by atoms with E-state index < -0.39 is 0 Å². The molecule has 0 atom stereocenters. The maximum Gasteiger partial charge on any atom is 0.253 e. The first-order valence-electron chi connectivity index (χ1n) is 10.6. The van der Waals surface area contributed by atoms with Crippen LogP contribution in [0.1, 0.15) is 66.8 Å². The Morgan fingerprint density at radius 3 is 2.59 bits per heavy atom. The quantitative estimate of drug-likeness (QED) is 0.900. The summed E-state index contributed by atoms with van der Waals surface area (Å²) in [7, 11) is 0. The van der Waals surface area contributed by atoms with Crippen molar-refractivity contribution in [1.82, 2.24) is 24.8 Å². The number of carbonyl (C=O) groups excluding carboxylic acids is 1. The van der Waals surface area contributed by atoms with E-state index >= 15 is 0 Å². The molecule has 0 spiro atoms. The smallest absolute Gasteiger partial charge is 0.253 e. The average Bonchev–Trinajstić information content (AvgIpc) is 2.87. The monoisotopic (exact) mass is 369 g/mol. The van der Waals surface area contributed by atoms with E-state index in [1.165, 1.54) is 38.5 Å². The van der Waals surface area contributed by atoms with Crippen molar-refractivity contribution in [2.45, 2.75) is 64.8 Å². The number of aryl methyl sites for hydroxylation is 3. The summed E-state index contributed by atoms with van der Waals surface area (Å²) >= 11 is 0. The van der Waals surface area contributed by atoms with Crippen LogP contribution in [0.4, 0.5) is 0 Å². The highest BCUT2D eigenvalue weighted by Gasteiger charge is 2.20. The predicted molar refractivity (Wildman–Crippen MR) is 107 cm³/mol. The standard InChI is InChI=1S/C21H31N5O/c1-16-15-17(21(27)22-10-14-25-11-6-2-3-7-12-25)19-20(23-16)26-13-8-4-5-9-18(26)24-19/h15H,2-14H2,1H3,(H,22,27). The lowest BCUT2D eigenvalue weighted by atomic mass is 10.2. The van der Waals surface area contributed by atoms with Crippen molar-refractivity contribution in [2.24, 2.45) is 0 Å². The van der Waals surface area contributed by atoms with Crippen molar-refractivity contribution in [3.05, 3.63) is 23.1 Å². The molecule has 1 saturated heterocycles. The number of likely N-dealkylation sites (tertiary alicyclic amines) is 1. The molecule has 0 saturated carbocycles. The minimum atomic E-state index is -0.0198. The van der Waals surface area contributed by atoms with Crippen molar-refractivity contribution in [3.8, 4) is 0 Å². The van der Waals surface area contributed by atoms with E-state index in [-0.39, 0.29) is 5.91 Å². The zero-order valence-electron chi connectivity index (χ0n) is 16.5. The largest absolute Gasteiger partial charge is 0.351 e. The van der Waals surface area contributed by atoms with Crippen LogP contribution in [0.3, 0.4) is 0 Å². The predicted octanol–water partition coefficient (Wildman–Crippen LogP) is 3.07. The van der Waals surface area contributed by atoms with Crippen LogP contribution in [0.15, 0.2) is 6.07 Å². The highest BCUT2D eigenvalue weighted by molar-refractivity contribution is 6.04. The zero-order chi connectivity index (χ0) is 18.6. The Balaban J connectivity index is 1.49. The first kappa shape index (κ1) is 18.4. The number of hydrogen-bond donors (Lipinski definition) is 1. The van der Waals surface area contributed by atoms with Gasteiger partial charge in [-0.2, -0.15) is 0 Å². The van der Waals surface area contributed by atoms with E-state index in [1.807, 2.05) is 13.0 Å². The number of aromatic nitrogens is 3. The van der Waals surface area contributed by atoms with Crippen LogP contribution in [0, 0.1) is 6.92 Å². The second kappa shape index (κ2) is 8.38. The number of carbonyl (C=O) groups is 1. The Bertz CT molecular complexity index is 804. The molecule has 4 heterocycles. The number of rotatable bonds is 4. The number of nitrogens with one attached hydrogen (secondary N) is 1. The molecule has 0 aromatic carbocycles. The summed E-state index contributed by atoms with van der Waals surface area (Å²) in [6.07, 6.45) is 9.76. The first-order chi connectivity index (χ1) is 13.2. The molecule has 146 valence electrons. The van der Waals surface area contributed by atoms with Crippen molar-refractivity contribution in [2.75, 3.05) is 26.2 Å². The molecule has 2 aliphatic heterocycles. The third-order valence-electron chi connectivity index (χ3n) is 5.85. The fourth-order valence-corrected chi connectivity index (χ4v) is 4.37. The van der Waals surface area contributed by atoms with E-state index in [2.05, 4.69) is 14.8 Å². The van der Waals surface area contributed by atoms with Gasteiger partial charge in [-0.25, -0.2) is 9.97 Å². The van der Waals surface area contributed by atoms with E-state index in [1.54, 1.807) is 0 Å². The van der Waals surface area contributed by atoms with Crippen LogP contribution in [0.25, 0.3) is 11.2 Å². The van der Waals surface area contributed by atoms with Gasteiger partial charge in [0.2, 0.25) is 0 Å². The summed E-state index contributed by atoms with van der Waals surface area (Å²) in [4.78, 5) is 24.9. The molecule has 0 bridgehead atoms. The second-order valence-electron chi connectivity index (χ2n) is 7.99. The van der Waals surface area contributed by atoms with Crippen LogP contribution in [-0.4, -0.2) is 51.5 Å². The fraction of sp³-hybridized carbons (Fsp3) is 0.667. The summed E-state index contributed by atoms with van der Waals surface area (Å²) in [5, 5.41) is 3.12. The molecular weight excluding hydrogens is 338 g/mol. The van der Waals surface area contributed by atoms with E-state index in [9.17, 15) is 4.79 Å². The molecule has 4 rings (SSSR count). The Labute approximate surface area is 161 Å². The summed E-state index contributed by atoms with van der Waals surface area (Å²) in [5.74, 6) is 1.06. The highest BCUT2D eigenvalue weighted by Crippen LogP contribution is 2.24. The minimum Gasteiger partial charge on any atom is -0.351 e. The Kier molecular flexibility index (Phi) is 5.72. The summed E-state index contributed by atoms with van der Waals surface area (Å²) in [6.45, 7) is 6.85. The number of imidazole rings is 1. The number of hydrogen-bond acceptors (Lipinski definition) is 4. The van der Waals surface area contributed by atoms with Gasteiger partial charge < -0.3 is 14.8 Å². The van der Waals surface area contributed by atoms with Gasteiger partial charge >= 0.3 is 0 Å². The van der Waals surface area contributed by atoms with Gasteiger partial charge in [0.05, 0.1) is 5.56 Å². The second-order valence-corrected chi connectivity index (χ2v) is 7.99. The number of nitrogens with zero attached hydrogens (tertiary/aromatic N) is 4. The van der Waals surface area contributed by atoms with Crippen LogP contribution < -0.4 is 5.32 Å². The third kappa shape index (κ3) is 4.15. The van der Waals surface area contributed by atoms with Gasteiger partial charge in [-0.3, -0.25) is 4.79 Å². The molecule has 2 aromatic rings. The van der Waals surface area contributed by atoms with Crippen LogP contribution in [0.2, 0.25) is 0 Å². The molecule has 6 nitrogen and oxygen atoms in total. The fourth-order valence-electron chi connectivity index (χ4n) is 4.37. The molecule has 1 fully saturated rings. The normalized spacial score (nSPS) is 18.7. The molecule has 27 heavy (non-hydrogen) atoms. The van der Waals surface area contributed by atoms with Crippen molar-refractivity contribution < 1.29 is 4.79 Å². The topological polar surface area (TPSA) is 63.1 Å². The molecule has 1 N–H and O–H groups in total. The van der Waals surface area contributed by atoms with Gasteiger partial charge in [0.1, 0.15) is 11.3 Å². The first-order valence-corrected chi connectivity index (χ1v) is 10.6. The molecule has 0 radical (unpaired) electrons. The lowest BCUT2D eigenvalue weighted by Crippen LogP contribution is -2.35. The number of fused-ring (bicyclic) bond motifs is 3. The summed E-state index contributed by atoms with van der Waals surface area (Å²) in [6, 6.07) is 1.89. The highest BCUT2D eigenvalue weighted by atomic mass is 16.1. The van der Waals surface area contributed by atoms with Crippen molar-refractivity contribution >= 4 is 17.1 Å². The summed E-state index contributed by atoms with van der Waals surface area (Å²) < 4.78 is 2.23. The number of pyridine rings is 1. The summed E-state index contributed by atoms with van der Waals surface area (Å²) in [5.41, 5.74) is 3.20. The zero-order valence-corrected chi connectivity index (χ0v) is 16.5. The van der Waals surface area contributed by atoms with Gasteiger partial charge in [0.15, 0.2) is 5.65 Å². The third-order valence-corrected chi connectivity index (χ3v) is 5.85.